The number of rotatable bonds is 7. The monoisotopic (exact) mass is 264 g/mol. The molecule has 0 aliphatic rings. The Morgan fingerprint density at radius 3 is 2.89 bits per heavy atom. The fourth-order valence-electron chi connectivity index (χ4n) is 1.64. The molecule has 0 aromatic heterocycles. The Hall–Kier alpha value is -1.18. The van der Waals surface area contributed by atoms with E-state index in [1.807, 2.05) is 30.0 Å². The van der Waals surface area contributed by atoms with Gasteiger partial charge in [-0.15, -0.1) is 0 Å². The first-order valence-corrected chi connectivity index (χ1v) is 7.40. The molecule has 0 aliphatic carbocycles. The normalized spacial score (nSPS) is 11.9. The molecule has 0 fully saturated rings. The molecule has 1 aromatic rings. The van der Waals surface area contributed by atoms with Crippen LogP contribution in [0, 0.1) is 11.3 Å². The van der Waals surface area contributed by atoms with Crippen LogP contribution in [0.1, 0.15) is 24.5 Å². The molecule has 3 nitrogen and oxygen atoms in total. The number of hydrogen-bond acceptors (Lipinski definition) is 4. The Labute approximate surface area is 114 Å². The fraction of sp³-hybridized carbons (Fsp3) is 0.500. The summed E-state index contributed by atoms with van der Waals surface area (Å²) in [5.74, 6) is 1.80. The largest absolute Gasteiger partial charge is 0.495 e. The molecule has 1 aromatic carbocycles. The zero-order valence-corrected chi connectivity index (χ0v) is 12.0. The topological polar surface area (TPSA) is 45.0 Å². The van der Waals surface area contributed by atoms with Crippen LogP contribution >= 0.6 is 11.8 Å². The standard InChI is InChI=1S/C14H20N2OS/c1-11(6-7-18-3)16-10-12-4-5-14(17-2)13(8-12)9-15/h4-5,8,11,16H,6-7,10H2,1-3H3. The van der Waals surface area contributed by atoms with E-state index in [0.29, 0.717) is 17.4 Å². The molecule has 18 heavy (non-hydrogen) atoms. The van der Waals surface area contributed by atoms with Crippen molar-refractivity contribution in [2.24, 2.45) is 0 Å². The van der Waals surface area contributed by atoms with Gasteiger partial charge < -0.3 is 10.1 Å². The quantitative estimate of drug-likeness (QED) is 0.822. The van der Waals surface area contributed by atoms with Gasteiger partial charge in [-0.3, -0.25) is 0 Å². The smallest absolute Gasteiger partial charge is 0.136 e. The summed E-state index contributed by atoms with van der Waals surface area (Å²) in [4.78, 5) is 0. The minimum Gasteiger partial charge on any atom is -0.495 e. The molecule has 0 radical (unpaired) electrons. The third kappa shape index (κ3) is 4.59. The van der Waals surface area contributed by atoms with Crippen molar-refractivity contribution >= 4 is 11.8 Å². The van der Waals surface area contributed by atoms with E-state index in [9.17, 15) is 0 Å². The maximum atomic E-state index is 9.01. The van der Waals surface area contributed by atoms with E-state index in [0.717, 1.165) is 18.5 Å². The molecular weight excluding hydrogens is 244 g/mol. The van der Waals surface area contributed by atoms with Crippen LogP contribution in [0.4, 0.5) is 0 Å². The first-order valence-electron chi connectivity index (χ1n) is 6.00. The lowest BCUT2D eigenvalue weighted by Gasteiger charge is -2.13. The second-order valence-electron chi connectivity index (χ2n) is 4.21. The van der Waals surface area contributed by atoms with Crippen LogP contribution < -0.4 is 10.1 Å². The summed E-state index contributed by atoms with van der Waals surface area (Å²) in [6.45, 7) is 2.97. The predicted molar refractivity (Wildman–Crippen MR) is 77.0 cm³/mol. The van der Waals surface area contributed by atoms with Gasteiger partial charge in [0.05, 0.1) is 12.7 Å². The molecular formula is C14H20N2OS. The fourth-order valence-corrected chi connectivity index (χ4v) is 2.23. The Bertz CT molecular complexity index is 415. The minimum atomic E-state index is 0.491. The molecule has 0 saturated heterocycles. The predicted octanol–water partition coefficient (Wildman–Crippen LogP) is 2.80. The van der Waals surface area contributed by atoms with Crippen molar-refractivity contribution in [3.8, 4) is 11.8 Å². The number of ether oxygens (including phenoxy) is 1. The van der Waals surface area contributed by atoms with Gasteiger partial charge in [0.2, 0.25) is 0 Å². The molecule has 98 valence electrons. The zero-order chi connectivity index (χ0) is 13.4. The highest BCUT2D eigenvalue weighted by Crippen LogP contribution is 2.18. The molecule has 1 atom stereocenters. The summed E-state index contributed by atoms with van der Waals surface area (Å²) in [5.41, 5.74) is 1.71. The van der Waals surface area contributed by atoms with Crippen molar-refractivity contribution in [3.63, 3.8) is 0 Å². The van der Waals surface area contributed by atoms with Crippen LogP contribution in [0.5, 0.6) is 5.75 Å². The average Bonchev–Trinajstić information content (AvgIpc) is 2.42. The first kappa shape index (κ1) is 14.9. The van der Waals surface area contributed by atoms with Crippen molar-refractivity contribution in [1.82, 2.24) is 5.32 Å². The number of nitrogens with one attached hydrogen (secondary N) is 1. The van der Waals surface area contributed by atoms with Crippen LogP contribution in [0.3, 0.4) is 0 Å². The van der Waals surface area contributed by atoms with Crippen LogP contribution in [-0.4, -0.2) is 25.2 Å². The third-order valence-electron chi connectivity index (χ3n) is 2.79. The van der Waals surface area contributed by atoms with Crippen LogP contribution in [0.2, 0.25) is 0 Å². The van der Waals surface area contributed by atoms with Gasteiger partial charge in [0, 0.05) is 12.6 Å². The SMILES string of the molecule is COc1ccc(CNC(C)CCSC)cc1C#N. The van der Waals surface area contributed by atoms with Crippen molar-refractivity contribution in [3.05, 3.63) is 29.3 Å². The summed E-state index contributed by atoms with van der Waals surface area (Å²) in [7, 11) is 1.58. The van der Waals surface area contributed by atoms with Gasteiger partial charge in [-0.1, -0.05) is 6.07 Å². The van der Waals surface area contributed by atoms with Crippen molar-refractivity contribution in [1.29, 1.82) is 5.26 Å². The van der Waals surface area contributed by atoms with E-state index in [1.54, 1.807) is 7.11 Å². The van der Waals surface area contributed by atoms with Gasteiger partial charge in [-0.2, -0.15) is 17.0 Å². The molecule has 0 amide bonds. The second kappa shape index (κ2) is 8.02. The maximum Gasteiger partial charge on any atom is 0.136 e. The van der Waals surface area contributed by atoms with E-state index in [-0.39, 0.29) is 0 Å². The van der Waals surface area contributed by atoms with E-state index >= 15 is 0 Å². The van der Waals surface area contributed by atoms with Crippen LogP contribution in [-0.2, 0) is 6.54 Å². The number of nitriles is 1. The van der Waals surface area contributed by atoms with Crippen molar-refractivity contribution in [2.75, 3.05) is 19.1 Å². The number of thioether (sulfide) groups is 1. The summed E-state index contributed by atoms with van der Waals surface area (Å²) in [6.07, 6.45) is 3.28. The van der Waals surface area contributed by atoms with Crippen molar-refractivity contribution in [2.45, 2.75) is 25.9 Å². The number of hydrogen-bond donors (Lipinski definition) is 1. The summed E-state index contributed by atoms with van der Waals surface area (Å²) >= 11 is 1.86. The van der Waals surface area contributed by atoms with Crippen LogP contribution in [0.25, 0.3) is 0 Å². The van der Waals surface area contributed by atoms with E-state index < -0.39 is 0 Å². The lowest BCUT2D eigenvalue weighted by Crippen LogP contribution is -2.26. The molecule has 0 heterocycles. The molecule has 1 rings (SSSR count). The van der Waals surface area contributed by atoms with Crippen LogP contribution in [0.15, 0.2) is 18.2 Å². The van der Waals surface area contributed by atoms with Crippen molar-refractivity contribution < 1.29 is 4.74 Å². The van der Waals surface area contributed by atoms with E-state index in [1.165, 1.54) is 5.75 Å². The summed E-state index contributed by atoms with van der Waals surface area (Å²) in [6, 6.07) is 8.37. The second-order valence-corrected chi connectivity index (χ2v) is 5.20. The van der Waals surface area contributed by atoms with Gasteiger partial charge in [0.25, 0.3) is 0 Å². The molecule has 4 heteroatoms. The van der Waals surface area contributed by atoms with Gasteiger partial charge in [0.15, 0.2) is 0 Å². The van der Waals surface area contributed by atoms with Gasteiger partial charge in [0.1, 0.15) is 11.8 Å². The minimum absolute atomic E-state index is 0.491. The number of methoxy groups -OCH3 is 1. The van der Waals surface area contributed by atoms with Gasteiger partial charge in [-0.05, 0) is 43.0 Å². The molecule has 1 unspecified atom stereocenters. The molecule has 0 spiro atoms. The first-order chi connectivity index (χ1) is 8.71. The highest BCUT2D eigenvalue weighted by atomic mass is 32.2. The number of nitrogens with zero attached hydrogens (tertiary/aromatic N) is 1. The Morgan fingerprint density at radius 2 is 2.28 bits per heavy atom. The Morgan fingerprint density at radius 1 is 1.50 bits per heavy atom. The van der Waals surface area contributed by atoms with Gasteiger partial charge in [-0.25, -0.2) is 0 Å². The third-order valence-corrected chi connectivity index (χ3v) is 3.44. The Balaban J connectivity index is 2.55. The molecule has 0 aliphatic heterocycles. The Kier molecular flexibility index (Phi) is 6.63. The molecule has 0 bridgehead atoms. The molecule has 0 saturated carbocycles. The highest BCUT2D eigenvalue weighted by molar-refractivity contribution is 7.98. The average molecular weight is 264 g/mol. The highest BCUT2D eigenvalue weighted by Gasteiger charge is 2.05. The number of benzene rings is 1. The maximum absolute atomic E-state index is 9.01. The lowest BCUT2D eigenvalue weighted by atomic mass is 10.1. The lowest BCUT2D eigenvalue weighted by molar-refractivity contribution is 0.413. The van der Waals surface area contributed by atoms with Gasteiger partial charge >= 0.3 is 0 Å². The van der Waals surface area contributed by atoms with E-state index in [4.69, 9.17) is 10.00 Å². The molecule has 1 N–H and O–H groups in total. The zero-order valence-electron chi connectivity index (χ0n) is 11.2. The van der Waals surface area contributed by atoms with E-state index in [2.05, 4.69) is 24.6 Å². The summed E-state index contributed by atoms with van der Waals surface area (Å²) in [5, 5.41) is 12.5. The summed E-state index contributed by atoms with van der Waals surface area (Å²) < 4.78 is 5.12.